The molecule has 0 aliphatic heterocycles. The fourth-order valence-electron chi connectivity index (χ4n) is 2.81. The molecule has 29 heavy (non-hydrogen) atoms. The van der Waals surface area contributed by atoms with Gasteiger partial charge in [-0.05, 0) is 31.2 Å². The Morgan fingerprint density at radius 3 is 2.59 bits per heavy atom. The smallest absolute Gasteiger partial charge is 0.345 e. The third-order valence-corrected chi connectivity index (χ3v) is 5.82. The van der Waals surface area contributed by atoms with Crippen LogP contribution in [0, 0.1) is 0 Å². The van der Waals surface area contributed by atoms with Crippen LogP contribution in [0.1, 0.15) is 27.2 Å². The van der Waals surface area contributed by atoms with Crippen LogP contribution in [0.2, 0.25) is 5.02 Å². The molecule has 0 aliphatic rings. The Balaban J connectivity index is 1.74. The minimum absolute atomic E-state index is 0.0475. The zero-order valence-corrected chi connectivity index (χ0v) is 18.1. The summed E-state index contributed by atoms with van der Waals surface area (Å²) >= 11 is 12.5. The zero-order valence-electron chi connectivity index (χ0n) is 15.7. The SMILES string of the molecule is CC(=NCC(=S)Cc1ccc(C(=O)O)s1)c1nn(C)c(-c2ccc(Cl)cc2)c1O. The summed E-state index contributed by atoms with van der Waals surface area (Å²) in [7, 11) is 1.75. The molecule has 2 heterocycles. The molecule has 0 fully saturated rings. The molecule has 0 amide bonds. The summed E-state index contributed by atoms with van der Waals surface area (Å²) in [6.45, 7) is 2.05. The van der Waals surface area contributed by atoms with Gasteiger partial charge in [0.25, 0.3) is 0 Å². The number of hydrogen-bond donors (Lipinski definition) is 2. The van der Waals surface area contributed by atoms with Crippen molar-refractivity contribution in [1.29, 1.82) is 0 Å². The Morgan fingerprint density at radius 2 is 1.97 bits per heavy atom. The monoisotopic (exact) mass is 447 g/mol. The van der Waals surface area contributed by atoms with Gasteiger partial charge in [-0.3, -0.25) is 9.67 Å². The van der Waals surface area contributed by atoms with Gasteiger partial charge >= 0.3 is 5.97 Å². The highest BCUT2D eigenvalue weighted by atomic mass is 35.5. The maximum atomic E-state index is 11.0. The first-order chi connectivity index (χ1) is 13.8. The number of aliphatic imine (C=N–C) groups is 1. The predicted molar refractivity (Wildman–Crippen MR) is 120 cm³/mol. The number of hydrogen-bond acceptors (Lipinski definition) is 6. The van der Waals surface area contributed by atoms with E-state index in [1.165, 1.54) is 11.3 Å². The molecule has 0 atom stereocenters. The van der Waals surface area contributed by atoms with E-state index in [1.54, 1.807) is 42.9 Å². The van der Waals surface area contributed by atoms with E-state index < -0.39 is 5.97 Å². The number of rotatable bonds is 7. The van der Waals surface area contributed by atoms with Crippen molar-refractivity contribution in [3.63, 3.8) is 0 Å². The second kappa shape index (κ2) is 8.86. The molecule has 6 nitrogen and oxygen atoms in total. The summed E-state index contributed by atoms with van der Waals surface area (Å²) in [6, 6.07) is 10.5. The van der Waals surface area contributed by atoms with Crippen LogP contribution in [-0.4, -0.2) is 43.1 Å². The maximum Gasteiger partial charge on any atom is 0.345 e. The number of aromatic hydroxyl groups is 1. The molecule has 0 saturated heterocycles. The number of carboxylic acid groups (broad SMARTS) is 1. The Hall–Kier alpha value is -2.55. The molecule has 3 rings (SSSR count). The standard InChI is InChI=1S/C20H18ClN3O3S2/c1-11(22-10-14(28)9-15-7-8-16(29-15)20(26)27)17-19(25)18(24(2)23-17)12-3-5-13(21)6-4-12/h3-8,25H,9-10H2,1-2H3,(H,26,27). The zero-order chi connectivity index (χ0) is 21.1. The van der Waals surface area contributed by atoms with Gasteiger partial charge in [-0.2, -0.15) is 5.10 Å². The van der Waals surface area contributed by atoms with Gasteiger partial charge in [0.1, 0.15) is 16.3 Å². The van der Waals surface area contributed by atoms with Crippen molar-refractivity contribution in [2.75, 3.05) is 6.54 Å². The number of aromatic nitrogens is 2. The number of thiocarbonyl (C=S) groups is 1. The number of nitrogens with zero attached hydrogens (tertiary/aromatic N) is 3. The van der Waals surface area contributed by atoms with Crippen molar-refractivity contribution in [1.82, 2.24) is 9.78 Å². The van der Waals surface area contributed by atoms with Crippen molar-refractivity contribution in [2.24, 2.45) is 12.0 Å². The molecule has 0 saturated carbocycles. The minimum atomic E-state index is -0.942. The fraction of sp³-hybridized carbons (Fsp3) is 0.200. The quantitative estimate of drug-likeness (QED) is 0.407. The molecule has 0 unspecified atom stereocenters. The van der Waals surface area contributed by atoms with Gasteiger partial charge in [-0.25, -0.2) is 4.79 Å². The first kappa shape index (κ1) is 21.2. The lowest BCUT2D eigenvalue weighted by atomic mass is 10.1. The van der Waals surface area contributed by atoms with E-state index in [0.717, 1.165) is 10.4 Å². The van der Waals surface area contributed by atoms with Crippen LogP contribution in [0.5, 0.6) is 5.75 Å². The van der Waals surface area contributed by atoms with Gasteiger partial charge in [0.05, 0.1) is 12.3 Å². The summed E-state index contributed by atoms with van der Waals surface area (Å²) in [5, 5.41) is 24.7. The summed E-state index contributed by atoms with van der Waals surface area (Å²) < 4.78 is 1.60. The average molecular weight is 448 g/mol. The molecule has 0 bridgehead atoms. The van der Waals surface area contributed by atoms with E-state index in [4.69, 9.17) is 28.9 Å². The molecule has 9 heteroatoms. The van der Waals surface area contributed by atoms with E-state index in [-0.39, 0.29) is 17.2 Å². The molecule has 2 N–H and O–H groups in total. The highest BCUT2D eigenvalue weighted by Crippen LogP contribution is 2.32. The summed E-state index contributed by atoms with van der Waals surface area (Å²) in [6.07, 6.45) is 0.480. The van der Waals surface area contributed by atoms with Gasteiger partial charge in [-0.1, -0.05) is 36.0 Å². The first-order valence-corrected chi connectivity index (χ1v) is 10.2. The largest absolute Gasteiger partial charge is 0.504 e. The van der Waals surface area contributed by atoms with Gasteiger partial charge in [0, 0.05) is 33.8 Å². The van der Waals surface area contributed by atoms with Crippen LogP contribution in [0.15, 0.2) is 41.4 Å². The summed E-state index contributed by atoms with van der Waals surface area (Å²) in [4.78, 5) is 17.3. The van der Waals surface area contributed by atoms with E-state index in [9.17, 15) is 9.90 Å². The number of thiophene rings is 1. The molecule has 3 aromatic rings. The maximum absolute atomic E-state index is 11.0. The number of halogens is 1. The predicted octanol–water partition coefficient (Wildman–Crippen LogP) is 4.63. The minimum Gasteiger partial charge on any atom is -0.504 e. The summed E-state index contributed by atoms with van der Waals surface area (Å²) in [5.74, 6) is -0.894. The van der Waals surface area contributed by atoms with Crippen molar-refractivity contribution in [2.45, 2.75) is 13.3 Å². The number of aryl methyl sites for hydroxylation is 1. The van der Waals surface area contributed by atoms with E-state index >= 15 is 0 Å². The van der Waals surface area contributed by atoms with Crippen molar-refractivity contribution in [3.05, 3.63) is 56.9 Å². The third-order valence-electron chi connectivity index (χ3n) is 4.22. The lowest BCUT2D eigenvalue weighted by molar-refractivity contribution is 0.0702. The highest BCUT2D eigenvalue weighted by molar-refractivity contribution is 7.80. The third kappa shape index (κ3) is 4.90. The van der Waals surface area contributed by atoms with Crippen LogP contribution in [0.4, 0.5) is 0 Å². The second-order valence-corrected chi connectivity index (χ2v) is 8.55. The van der Waals surface area contributed by atoms with E-state index in [2.05, 4.69) is 10.1 Å². The van der Waals surface area contributed by atoms with Crippen LogP contribution < -0.4 is 0 Å². The Labute approximate surface area is 182 Å². The Bertz CT molecular complexity index is 1100. The van der Waals surface area contributed by atoms with E-state index in [0.29, 0.717) is 33.4 Å². The lowest BCUT2D eigenvalue weighted by Crippen LogP contribution is -2.06. The number of carbonyl (C=O) groups is 1. The molecular weight excluding hydrogens is 430 g/mol. The second-order valence-electron chi connectivity index (χ2n) is 6.36. The van der Waals surface area contributed by atoms with Gasteiger partial charge in [0.2, 0.25) is 0 Å². The molecule has 0 spiro atoms. The molecule has 0 radical (unpaired) electrons. The van der Waals surface area contributed by atoms with Crippen LogP contribution in [-0.2, 0) is 13.5 Å². The molecular formula is C20H18ClN3O3S2. The topological polar surface area (TPSA) is 87.7 Å². The number of aromatic carboxylic acids is 1. The van der Waals surface area contributed by atoms with Crippen LogP contribution >= 0.6 is 35.2 Å². The Kier molecular flexibility index (Phi) is 6.46. The van der Waals surface area contributed by atoms with Gasteiger partial charge in [0.15, 0.2) is 5.75 Å². The van der Waals surface area contributed by atoms with E-state index in [1.807, 2.05) is 12.1 Å². The van der Waals surface area contributed by atoms with Crippen molar-refractivity contribution >= 4 is 51.7 Å². The molecule has 150 valence electrons. The molecule has 2 aromatic heterocycles. The first-order valence-electron chi connectivity index (χ1n) is 8.63. The average Bonchev–Trinajstić information content (AvgIpc) is 3.25. The van der Waals surface area contributed by atoms with Gasteiger partial charge < -0.3 is 10.2 Å². The number of benzene rings is 1. The Morgan fingerprint density at radius 1 is 1.28 bits per heavy atom. The van der Waals surface area contributed by atoms with Crippen LogP contribution in [0.25, 0.3) is 11.3 Å². The lowest BCUT2D eigenvalue weighted by Gasteiger charge is -2.03. The highest BCUT2D eigenvalue weighted by Gasteiger charge is 2.19. The molecule has 0 aliphatic carbocycles. The number of carboxylic acids is 1. The van der Waals surface area contributed by atoms with Gasteiger partial charge in [-0.15, -0.1) is 11.3 Å². The van der Waals surface area contributed by atoms with Crippen LogP contribution in [0.3, 0.4) is 0 Å². The molecule has 1 aromatic carbocycles. The normalized spacial score (nSPS) is 11.6. The van der Waals surface area contributed by atoms with Crippen molar-refractivity contribution in [3.8, 4) is 17.0 Å². The van der Waals surface area contributed by atoms with Crippen molar-refractivity contribution < 1.29 is 15.0 Å². The fourth-order valence-corrected chi connectivity index (χ4v) is 4.13. The summed E-state index contributed by atoms with van der Waals surface area (Å²) in [5.41, 5.74) is 2.33.